The van der Waals surface area contributed by atoms with Crippen molar-refractivity contribution in [3.05, 3.63) is 35.9 Å². The van der Waals surface area contributed by atoms with Crippen LogP contribution in [-0.2, 0) is 10.4 Å². The molecular formula is C15H21N5O2. The van der Waals surface area contributed by atoms with Crippen molar-refractivity contribution in [3.63, 3.8) is 0 Å². The number of benzene rings is 1. The number of hydrogen-bond acceptors (Lipinski definition) is 5. The van der Waals surface area contributed by atoms with Crippen molar-refractivity contribution in [2.45, 2.75) is 25.1 Å². The fourth-order valence-electron chi connectivity index (χ4n) is 2.68. The second kappa shape index (κ2) is 6.04. The second-order valence-corrected chi connectivity index (χ2v) is 5.86. The van der Waals surface area contributed by atoms with Gasteiger partial charge in [0.2, 0.25) is 5.91 Å². The zero-order valence-corrected chi connectivity index (χ0v) is 12.5. The van der Waals surface area contributed by atoms with Gasteiger partial charge >= 0.3 is 0 Å². The fraction of sp³-hybridized carbons (Fsp3) is 0.467. The molecular weight excluding hydrogens is 282 g/mol. The highest BCUT2D eigenvalue weighted by molar-refractivity contribution is 6.01. The van der Waals surface area contributed by atoms with Gasteiger partial charge in [-0.15, -0.1) is 0 Å². The minimum Gasteiger partial charge on any atom is -0.385 e. The molecule has 7 heteroatoms. The summed E-state index contributed by atoms with van der Waals surface area (Å²) >= 11 is 0. The summed E-state index contributed by atoms with van der Waals surface area (Å²) in [6.07, 6.45) is 0.333. The number of carbonyl (C=O) groups is 1. The molecule has 0 aliphatic carbocycles. The van der Waals surface area contributed by atoms with Crippen LogP contribution in [0.25, 0.3) is 0 Å². The first-order valence-corrected chi connectivity index (χ1v) is 7.44. The topological polar surface area (TPSA) is 97.8 Å². The van der Waals surface area contributed by atoms with Gasteiger partial charge in [0.25, 0.3) is 0 Å². The molecule has 1 aromatic rings. The Morgan fingerprint density at radius 2 is 2.14 bits per heavy atom. The van der Waals surface area contributed by atoms with Crippen LogP contribution in [0.15, 0.2) is 35.3 Å². The molecule has 1 amide bonds. The zero-order chi connectivity index (χ0) is 15.6. The first kappa shape index (κ1) is 15.0. The highest BCUT2D eigenvalue weighted by atomic mass is 16.3. The maximum atomic E-state index is 11.9. The van der Waals surface area contributed by atoms with Crippen molar-refractivity contribution in [2.75, 3.05) is 13.1 Å². The number of rotatable bonds is 4. The van der Waals surface area contributed by atoms with Crippen LogP contribution < -0.4 is 21.5 Å². The van der Waals surface area contributed by atoms with Crippen LogP contribution in [0.5, 0.6) is 0 Å². The third-order valence-corrected chi connectivity index (χ3v) is 4.12. The molecule has 2 heterocycles. The SMILES string of the molecule is CC(O)(CCN=C1NC(=O)C2CNNC2N1)c1ccccc1. The van der Waals surface area contributed by atoms with E-state index in [0.717, 1.165) is 5.56 Å². The molecule has 3 rings (SSSR count). The van der Waals surface area contributed by atoms with E-state index in [0.29, 0.717) is 25.5 Å². The largest absolute Gasteiger partial charge is 0.385 e. The Morgan fingerprint density at radius 3 is 2.91 bits per heavy atom. The molecule has 0 radical (unpaired) electrons. The van der Waals surface area contributed by atoms with Gasteiger partial charge < -0.3 is 10.4 Å². The van der Waals surface area contributed by atoms with E-state index in [1.807, 2.05) is 30.3 Å². The molecule has 2 saturated heterocycles. The third kappa shape index (κ3) is 3.11. The Kier molecular flexibility index (Phi) is 4.10. The molecule has 22 heavy (non-hydrogen) atoms. The Morgan fingerprint density at radius 1 is 1.36 bits per heavy atom. The van der Waals surface area contributed by atoms with Crippen LogP contribution in [0.1, 0.15) is 18.9 Å². The normalized spacial score (nSPS) is 28.6. The number of hydrogen-bond donors (Lipinski definition) is 5. The van der Waals surface area contributed by atoms with E-state index in [1.165, 1.54) is 0 Å². The molecule has 2 aliphatic heterocycles. The molecule has 7 nitrogen and oxygen atoms in total. The highest BCUT2D eigenvalue weighted by Crippen LogP contribution is 2.23. The minimum absolute atomic E-state index is 0.0465. The van der Waals surface area contributed by atoms with Crippen molar-refractivity contribution >= 4 is 11.9 Å². The van der Waals surface area contributed by atoms with Gasteiger partial charge in [-0.05, 0) is 18.9 Å². The minimum atomic E-state index is -0.945. The maximum absolute atomic E-state index is 11.9. The van der Waals surface area contributed by atoms with Crippen molar-refractivity contribution in [1.82, 2.24) is 21.5 Å². The highest BCUT2D eigenvalue weighted by Gasteiger charge is 2.37. The Bertz CT molecular complexity index is 573. The van der Waals surface area contributed by atoms with Gasteiger partial charge in [0.05, 0.1) is 11.5 Å². The number of nitrogens with zero attached hydrogens (tertiary/aromatic N) is 1. The molecule has 2 fully saturated rings. The lowest BCUT2D eigenvalue weighted by Crippen LogP contribution is -2.61. The summed E-state index contributed by atoms with van der Waals surface area (Å²) in [6.45, 7) is 2.78. The van der Waals surface area contributed by atoms with Crippen molar-refractivity contribution in [2.24, 2.45) is 10.9 Å². The smallest absolute Gasteiger partial charge is 0.234 e. The molecule has 1 aromatic carbocycles. The van der Waals surface area contributed by atoms with Gasteiger partial charge in [-0.1, -0.05) is 30.3 Å². The van der Waals surface area contributed by atoms with Crippen LogP contribution >= 0.6 is 0 Å². The molecule has 0 aromatic heterocycles. The predicted molar refractivity (Wildman–Crippen MR) is 82.6 cm³/mol. The van der Waals surface area contributed by atoms with E-state index in [9.17, 15) is 9.90 Å². The third-order valence-electron chi connectivity index (χ3n) is 4.12. The number of aliphatic imine (C=N–C) groups is 1. The summed E-state index contributed by atoms with van der Waals surface area (Å²) in [4.78, 5) is 16.3. The van der Waals surface area contributed by atoms with Crippen molar-refractivity contribution < 1.29 is 9.90 Å². The summed E-state index contributed by atoms with van der Waals surface area (Å²) in [5, 5.41) is 16.4. The molecule has 0 spiro atoms. The predicted octanol–water partition coefficient (Wildman–Crippen LogP) is -0.590. The lowest BCUT2D eigenvalue weighted by atomic mass is 9.93. The first-order valence-electron chi connectivity index (χ1n) is 7.44. The average Bonchev–Trinajstić information content (AvgIpc) is 2.97. The van der Waals surface area contributed by atoms with E-state index in [2.05, 4.69) is 26.5 Å². The van der Waals surface area contributed by atoms with Gasteiger partial charge in [0.1, 0.15) is 6.17 Å². The second-order valence-electron chi connectivity index (χ2n) is 5.86. The van der Waals surface area contributed by atoms with Crippen molar-refractivity contribution in [3.8, 4) is 0 Å². The molecule has 2 aliphatic rings. The quantitative estimate of drug-likeness (QED) is 0.512. The molecule has 3 unspecified atom stereocenters. The molecule has 0 bridgehead atoms. The van der Waals surface area contributed by atoms with E-state index < -0.39 is 5.60 Å². The molecule has 118 valence electrons. The molecule has 3 atom stereocenters. The summed E-state index contributed by atoms with van der Waals surface area (Å²) in [5.41, 5.74) is 5.86. The van der Waals surface area contributed by atoms with E-state index in [4.69, 9.17) is 0 Å². The summed E-state index contributed by atoms with van der Waals surface area (Å²) in [7, 11) is 0. The van der Waals surface area contributed by atoms with Crippen LogP contribution in [0.4, 0.5) is 0 Å². The van der Waals surface area contributed by atoms with E-state index >= 15 is 0 Å². The monoisotopic (exact) mass is 303 g/mol. The number of hydrazine groups is 1. The first-order chi connectivity index (χ1) is 10.6. The maximum Gasteiger partial charge on any atom is 0.234 e. The van der Waals surface area contributed by atoms with Gasteiger partial charge in [-0.2, -0.15) is 0 Å². The number of carbonyl (C=O) groups excluding carboxylic acids is 1. The molecule has 5 N–H and O–H groups in total. The van der Waals surface area contributed by atoms with Gasteiger partial charge in [-0.25, -0.2) is 5.43 Å². The standard InChI is InChI=1S/C15H21N5O2/c1-15(22,10-5-3-2-4-6-10)7-8-16-14-18-12-11(9-17-20-12)13(21)19-14/h2-6,11-12,17,20,22H,7-9H2,1H3,(H2,16,18,19,21). The zero-order valence-electron chi connectivity index (χ0n) is 12.5. The number of amides is 1. The van der Waals surface area contributed by atoms with Gasteiger partial charge in [0.15, 0.2) is 5.96 Å². The Hall–Kier alpha value is -1.96. The van der Waals surface area contributed by atoms with Gasteiger partial charge in [0, 0.05) is 13.1 Å². The average molecular weight is 303 g/mol. The number of aliphatic hydroxyl groups is 1. The number of nitrogens with one attached hydrogen (secondary N) is 4. The Balaban J connectivity index is 1.59. The lowest BCUT2D eigenvalue weighted by molar-refractivity contribution is -0.124. The Labute approximate surface area is 129 Å². The van der Waals surface area contributed by atoms with Crippen LogP contribution in [0.3, 0.4) is 0 Å². The summed E-state index contributed by atoms with van der Waals surface area (Å²) in [5.74, 6) is 0.271. The van der Waals surface area contributed by atoms with Crippen LogP contribution in [0.2, 0.25) is 0 Å². The molecule has 0 saturated carbocycles. The van der Waals surface area contributed by atoms with Crippen LogP contribution in [0, 0.1) is 5.92 Å². The lowest BCUT2D eigenvalue weighted by Gasteiger charge is -2.28. The van der Waals surface area contributed by atoms with E-state index in [1.54, 1.807) is 6.92 Å². The van der Waals surface area contributed by atoms with Gasteiger partial charge in [-0.3, -0.25) is 20.5 Å². The summed E-state index contributed by atoms with van der Waals surface area (Å²) < 4.78 is 0. The number of guanidine groups is 1. The fourth-order valence-corrected chi connectivity index (χ4v) is 2.68. The summed E-state index contributed by atoms with van der Waals surface area (Å²) in [6, 6.07) is 9.51. The number of fused-ring (bicyclic) bond motifs is 1. The van der Waals surface area contributed by atoms with E-state index in [-0.39, 0.29) is 18.0 Å². The van der Waals surface area contributed by atoms with Crippen molar-refractivity contribution in [1.29, 1.82) is 0 Å². The van der Waals surface area contributed by atoms with Crippen LogP contribution in [-0.4, -0.2) is 36.2 Å².